The van der Waals surface area contributed by atoms with Gasteiger partial charge in [-0.3, -0.25) is 0 Å². The van der Waals surface area contributed by atoms with Crippen LogP contribution in [0.25, 0.3) is 0 Å². The SMILES string of the molecule is CCCN(CC(F)(F)F)c1ccc(F)cc1CNC(C)C. The normalized spacial score (nSPS) is 12.0. The van der Waals surface area contributed by atoms with Crippen LogP contribution in [0.5, 0.6) is 0 Å². The van der Waals surface area contributed by atoms with Gasteiger partial charge < -0.3 is 10.2 Å². The number of rotatable bonds is 7. The summed E-state index contributed by atoms with van der Waals surface area (Å²) in [4.78, 5) is 1.26. The molecule has 1 aromatic rings. The van der Waals surface area contributed by atoms with Gasteiger partial charge >= 0.3 is 6.18 Å². The molecule has 0 unspecified atom stereocenters. The van der Waals surface area contributed by atoms with E-state index in [0.29, 0.717) is 24.2 Å². The van der Waals surface area contributed by atoms with Crippen LogP contribution in [0.15, 0.2) is 18.2 Å². The summed E-state index contributed by atoms with van der Waals surface area (Å²) in [6, 6.07) is 4.09. The number of alkyl halides is 3. The highest BCUT2D eigenvalue weighted by Gasteiger charge is 2.31. The number of hydrogen-bond acceptors (Lipinski definition) is 2. The average molecular weight is 306 g/mol. The lowest BCUT2D eigenvalue weighted by Crippen LogP contribution is -2.36. The second kappa shape index (κ2) is 7.64. The molecule has 0 atom stereocenters. The highest BCUT2D eigenvalue weighted by atomic mass is 19.4. The van der Waals surface area contributed by atoms with Gasteiger partial charge in [-0.25, -0.2) is 4.39 Å². The van der Waals surface area contributed by atoms with Crippen LogP contribution in [-0.4, -0.2) is 25.3 Å². The van der Waals surface area contributed by atoms with Crippen LogP contribution in [0.2, 0.25) is 0 Å². The predicted molar refractivity (Wildman–Crippen MR) is 76.9 cm³/mol. The Morgan fingerprint density at radius 2 is 1.90 bits per heavy atom. The van der Waals surface area contributed by atoms with Crippen molar-refractivity contribution < 1.29 is 17.6 Å². The van der Waals surface area contributed by atoms with E-state index in [-0.39, 0.29) is 12.6 Å². The molecule has 0 saturated carbocycles. The van der Waals surface area contributed by atoms with Gasteiger partial charge in [0.2, 0.25) is 0 Å². The summed E-state index contributed by atoms with van der Waals surface area (Å²) >= 11 is 0. The molecule has 0 aliphatic rings. The smallest absolute Gasteiger partial charge is 0.362 e. The second-order valence-corrected chi connectivity index (χ2v) is 5.35. The number of nitrogens with zero attached hydrogens (tertiary/aromatic N) is 1. The van der Waals surface area contributed by atoms with Crippen LogP contribution in [0.3, 0.4) is 0 Å². The van der Waals surface area contributed by atoms with Gasteiger partial charge in [-0.2, -0.15) is 13.2 Å². The Kier molecular flexibility index (Phi) is 6.45. The lowest BCUT2D eigenvalue weighted by molar-refractivity contribution is -0.119. The van der Waals surface area contributed by atoms with E-state index in [1.54, 1.807) is 0 Å². The van der Waals surface area contributed by atoms with Crippen molar-refractivity contribution in [1.82, 2.24) is 5.32 Å². The van der Waals surface area contributed by atoms with E-state index >= 15 is 0 Å². The lowest BCUT2D eigenvalue weighted by Gasteiger charge is -2.28. The quantitative estimate of drug-likeness (QED) is 0.763. The van der Waals surface area contributed by atoms with Gasteiger partial charge in [0.05, 0.1) is 0 Å². The van der Waals surface area contributed by atoms with Gasteiger partial charge in [0.25, 0.3) is 0 Å². The fraction of sp³-hybridized carbons (Fsp3) is 0.600. The van der Waals surface area contributed by atoms with Crippen molar-refractivity contribution in [2.45, 2.75) is 46.0 Å². The number of hydrogen-bond donors (Lipinski definition) is 1. The van der Waals surface area contributed by atoms with Crippen molar-refractivity contribution in [1.29, 1.82) is 0 Å². The zero-order valence-electron chi connectivity index (χ0n) is 12.6. The van der Waals surface area contributed by atoms with Gasteiger partial charge in [0.1, 0.15) is 12.4 Å². The Bertz CT molecular complexity index is 444. The Morgan fingerprint density at radius 1 is 1.24 bits per heavy atom. The molecule has 0 aliphatic heterocycles. The fourth-order valence-electron chi connectivity index (χ4n) is 2.09. The van der Waals surface area contributed by atoms with Crippen LogP contribution in [-0.2, 0) is 6.54 Å². The van der Waals surface area contributed by atoms with Crippen LogP contribution in [0.4, 0.5) is 23.2 Å². The number of halogens is 4. The molecule has 2 nitrogen and oxygen atoms in total. The first-order valence-corrected chi connectivity index (χ1v) is 7.06. The van der Waals surface area contributed by atoms with Crippen LogP contribution in [0, 0.1) is 5.82 Å². The summed E-state index contributed by atoms with van der Waals surface area (Å²) in [5.74, 6) is -0.442. The van der Waals surface area contributed by atoms with Crippen LogP contribution >= 0.6 is 0 Å². The van der Waals surface area contributed by atoms with Crippen molar-refractivity contribution in [2.75, 3.05) is 18.0 Å². The number of nitrogens with one attached hydrogen (secondary N) is 1. The molecule has 0 heterocycles. The van der Waals surface area contributed by atoms with E-state index in [2.05, 4.69) is 5.32 Å². The third-order valence-corrected chi connectivity index (χ3v) is 2.95. The average Bonchev–Trinajstić information content (AvgIpc) is 2.34. The summed E-state index contributed by atoms with van der Waals surface area (Å²) in [7, 11) is 0. The van der Waals surface area contributed by atoms with Crippen LogP contribution in [0.1, 0.15) is 32.8 Å². The van der Waals surface area contributed by atoms with E-state index in [1.165, 1.54) is 23.1 Å². The first-order chi connectivity index (χ1) is 9.73. The van der Waals surface area contributed by atoms with Crippen molar-refractivity contribution >= 4 is 5.69 Å². The molecule has 0 aliphatic carbocycles. The highest BCUT2D eigenvalue weighted by molar-refractivity contribution is 5.54. The highest BCUT2D eigenvalue weighted by Crippen LogP contribution is 2.26. The van der Waals surface area contributed by atoms with Crippen molar-refractivity contribution in [3.05, 3.63) is 29.6 Å². The zero-order valence-corrected chi connectivity index (χ0v) is 12.6. The molecule has 1 rings (SSSR count). The number of benzene rings is 1. The first kappa shape index (κ1) is 17.8. The first-order valence-electron chi connectivity index (χ1n) is 7.06. The largest absolute Gasteiger partial charge is 0.405 e. The molecule has 1 N–H and O–H groups in total. The van der Waals surface area contributed by atoms with Crippen LogP contribution < -0.4 is 10.2 Å². The maximum atomic E-state index is 13.4. The van der Waals surface area contributed by atoms with E-state index in [1.807, 2.05) is 20.8 Å². The molecule has 0 radical (unpaired) electrons. The molecule has 0 spiro atoms. The third kappa shape index (κ3) is 6.33. The Labute approximate surface area is 123 Å². The van der Waals surface area contributed by atoms with Gasteiger partial charge in [0.15, 0.2) is 0 Å². The Morgan fingerprint density at radius 3 is 2.43 bits per heavy atom. The van der Waals surface area contributed by atoms with E-state index in [0.717, 1.165) is 0 Å². The minimum Gasteiger partial charge on any atom is -0.362 e. The summed E-state index contributed by atoms with van der Waals surface area (Å²) < 4.78 is 51.5. The molecule has 21 heavy (non-hydrogen) atoms. The van der Waals surface area contributed by atoms with E-state index in [9.17, 15) is 17.6 Å². The standard InChI is InChI=1S/C15H22F4N2/c1-4-7-21(10-15(17,18)19)14-6-5-13(16)8-12(14)9-20-11(2)3/h5-6,8,11,20H,4,7,9-10H2,1-3H3. The second-order valence-electron chi connectivity index (χ2n) is 5.35. The maximum absolute atomic E-state index is 13.4. The summed E-state index contributed by atoms with van der Waals surface area (Å²) in [5, 5.41) is 3.11. The summed E-state index contributed by atoms with van der Waals surface area (Å²) in [5.41, 5.74) is 0.977. The lowest BCUT2D eigenvalue weighted by atomic mass is 10.1. The van der Waals surface area contributed by atoms with Crippen molar-refractivity contribution in [2.24, 2.45) is 0 Å². The molecule has 0 bridgehead atoms. The molecular weight excluding hydrogens is 284 g/mol. The molecular formula is C15H22F4N2. The number of anilines is 1. The zero-order chi connectivity index (χ0) is 16.0. The molecule has 1 aromatic carbocycles. The van der Waals surface area contributed by atoms with Gasteiger partial charge in [0, 0.05) is 24.8 Å². The predicted octanol–water partition coefficient (Wildman–Crippen LogP) is 4.10. The molecule has 0 fully saturated rings. The Balaban J connectivity index is 3.05. The minimum atomic E-state index is -4.29. The van der Waals surface area contributed by atoms with Gasteiger partial charge in [-0.05, 0) is 30.2 Å². The van der Waals surface area contributed by atoms with Gasteiger partial charge in [-0.1, -0.05) is 20.8 Å². The topological polar surface area (TPSA) is 15.3 Å². The molecule has 120 valence electrons. The molecule has 0 aromatic heterocycles. The summed E-state index contributed by atoms with van der Waals surface area (Å²) in [6.45, 7) is 5.26. The summed E-state index contributed by atoms with van der Waals surface area (Å²) in [6.07, 6.45) is -3.70. The molecule has 0 saturated heterocycles. The van der Waals surface area contributed by atoms with Crippen molar-refractivity contribution in [3.63, 3.8) is 0 Å². The third-order valence-electron chi connectivity index (χ3n) is 2.95. The fourth-order valence-corrected chi connectivity index (χ4v) is 2.09. The Hall–Kier alpha value is -1.30. The van der Waals surface area contributed by atoms with E-state index in [4.69, 9.17) is 0 Å². The van der Waals surface area contributed by atoms with E-state index < -0.39 is 18.5 Å². The monoisotopic (exact) mass is 306 g/mol. The molecule has 6 heteroatoms. The van der Waals surface area contributed by atoms with Crippen molar-refractivity contribution in [3.8, 4) is 0 Å². The molecule has 0 amide bonds. The maximum Gasteiger partial charge on any atom is 0.405 e. The van der Waals surface area contributed by atoms with Gasteiger partial charge in [-0.15, -0.1) is 0 Å². The minimum absolute atomic E-state index is 0.170.